The van der Waals surface area contributed by atoms with Gasteiger partial charge in [-0.05, 0) is 59.8 Å². The van der Waals surface area contributed by atoms with Crippen LogP contribution in [0, 0.1) is 6.92 Å². The largest absolute Gasteiger partial charge is 0.364 e. The molecule has 7 heteroatoms. The molecule has 0 aliphatic heterocycles. The number of aromatic nitrogens is 2. The molecule has 0 saturated carbocycles. The van der Waals surface area contributed by atoms with Crippen LogP contribution in [0.3, 0.4) is 0 Å². The fourth-order valence-electron chi connectivity index (χ4n) is 3.36. The zero-order valence-corrected chi connectivity index (χ0v) is 16.7. The number of benzene rings is 2. The zero-order chi connectivity index (χ0) is 20.5. The van der Waals surface area contributed by atoms with Crippen LogP contribution in [0.2, 0.25) is 5.02 Å². The Hall–Kier alpha value is -3.38. The SMILES string of the molecule is CNC(=O)c1cc(Cl)cc(Cn2ccc3cc(-c4conc4C)ccc3c2=O)c1. The lowest BCUT2D eigenvalue weighted by molar-refractivity contribution is 0.0963. The molecule has 0 radical (unpaired) electrons. The highest BCUT2D eigenvalue weighted by Crippen LogP contribution is 2.25. The van der Waals surface area contributed by atoms with E-state index in [-0.39, 0.29) is 11.5 Å². The van der Waals surface area contributed by atoms with E-state index in [0.29, 0.717) is 22.5 Å². The average molecular weight is 408 g/mol. The number of aryl methyl sites for hydroxylation is 1. The predicted molar refractivity (Wildman–Crippen MR) is 112 cm³/mol. The number of hydrogen-bond donors (Lipinski definition) is 1. The minimum absolute atomic E-state index is 0.113. The lowest BCUT2D eigenvalue weighted by atomic mass is 10.0. The molecule has 0 fully saturated rings. The van der Waals surface area contributed by atoms with E-state index in [2.05, 4.69) is 10.5 Å². The first-order valence-corrected chi connectivity index (χ1v) is 9.40. The van der Waals surface area contributed by atoms with Crippen molar-refractivity contribution in [3.63, 3.8) is 0 Å². The summed E-state index contributed by atoms with van der Waals surface area (Å²) in [6.45, 7) is 2.19. The molecule has 2 aromatic carbocycles. The second-order valence-electron chi connectivity index (χ2n) is 6.79. The van der Waals surface area contributed by atoms with Gasteiger partial charge in [0.1, 0.15) is 6.26 Å². The van der Waals surface area contributed by atoms with E-state index >= 15 is 0 Å². The number of nitrogens with zero attached hydrogens (tertiary/aromatic N) is 2. The number of amides is 1. The molecule has 4 aromatic rings. The Labute approximate surface area is 171 Å². The number of rotatable bonds is 4. The van der Waals surface area contributed by atoms with Crippen molar-refractivity contribution in [3.8, 4) is 11.1 Å². The molecule has 1 N–H and O–H groups in total. The number of nitrogens with one attached hydrogen (secondary N) is 1. The number of pyridine rings is 1. The lowest BCUT2D eigenvalue weighted by Gasteiger charge is -2.10. The maximum atomic E-state index is 13.0. The molecule has 146 valence electrons. The van der Waals surface area contributed by atoms with Crippen molar-refractivity contribution in [2.75, 3.05) is 7.05 Å². The van der Waals surface area contributed by atoms with Crippen LogP contribution in [0.4, 0.5) is 0 Å². The molecule has 0 aliphatic rings. The first kappa shape index (κ1) is 19.0. The molecule has 2 aromatic heterocycles. The molecule has 2 heterocycles. The Morgan fingerprint density at radius 2 is 2.03 bits per heavy atom. The maximum absolute atomic E-state index is 13.0. The third-order valence-electron chi connectivity index (χ3n) is 4.84. The maximum Gasteiger partial charge on any atom is 0.258 e. The Morgan fingerprint density at radius 3 is 2.76 bits per heavy atom. The van der Waals surface area contributed by atoms with Gasteiger partial charge in [0.2, 0.25) is 0 Å². The van der Waals surface area contributed by atoms with Crippen molar-refractivity contribution in [1.29, 1.82) is 0 Å². The quantitative estimate of drug-likeness (QED) is 0.554. The van der Waals surface area contributed by atoms with Gasteiger partial charge in [0, 0.05) is 34.8 Å². The minimum Gasteiger partial charge on any atom is -0.364 e. The number of hydrogen-bond acceptors (Lipinski definition) is 4. The number of carbonyl (C=O) groups is 1. The van der Waals surface area contributed by atoms with E-state index in [1.807, 2.05) is 31.2 Å². The number of halogens is 1. The van der Waals surface area contributed by atoms with Crippen molar-refractivity contribution in [3.05, 3.63) is 87.1 Å². The van der Waals surface area contributed by atoms with Gasteiger partial charge in [0.05, 0.1) is 12.2 Å². The van der Waals surface area contributed by atoms with Gasteiger partial charge >= 0.3 is 0 Å². The van der Waals surface area contributed by atoms with E-state index in [0.717, 1.165) is 27.8 Å². The zero-order valence-electron chi connectivity index (χ0n) is 15.9. The van der Waals surface area contributed by atoms with Crippen LogP contribution in [0.25, 0.3) is 21.9 Å². The van der Waals surface area contributed by atoms with Crippen molar-refractivity contribution >= 4 is 28.3 Å². The van der Waals surface area contributed by atoms with Crippen LogP contribution in [0.1, 0.15) is 21.6 Å². The molecular formula is C22H18ClN3O3. The smallest absolute Gasteiger partial charge is 0.258 e. The van der Waals surface area contributed by atoms with Gasteiger partial charge in [-0.1, -0.05) is 22.8 Å². The van der Waals surface area contributed by atoms with Crippen molar-refractivity contribution in [1.82, 2.24) is 15.0 Å². The molecule has 0 saturated heterocycles. The highest BCUT2D eigenvalue weighted by molar-refractivity contribution is 6.31. The van der Waals surface area contributed by atoms with Gasteiger partial charge in [-0.2, -0.15) is 0 Å². The van der Waals surface area contributed by atoms with Crippen LogP contribution in [-0.4, -0.2) is 22.7 Å². The molecule has 0 unspecified atom stereocenters. The summed E-state index contributed by atoms with van der Waals surface area (Å²) in [7, 11) is 1.56. The molecule has 0 bridgehead atoms. The fraction of sp³-hybridized carbons (Fsp3) is 0.136. The molecule has 0 aliphatic carbocycles. The van der Waals surface area contributed by atoms with E-state index < -0.39 is 0 Å². The van der Waals surface area contributed by atoms with Crippen LogP contribution >= 0.6 is 11.6 Å². The Bertz CT molecular complexity index is 1290. The number of carbonyl (C=O) groups excluding carboxylic acids is 1. The van der Waals surface area contributed by atoms with E-state index in [1.54, 1.807) is 42.3 Å². The van der Waals surface area contributed by atoms with Gasteiger partial charge in [-0.15, -0.1) is 0 Å². The Balaban J connectivity index is 1.72. The summed E-state index contributed by atoms with van der Waals surface area (Å²) < 4.78 is 6.61. The molecular weight excluding hydrogens is 390 g/mol. The molecule has 1 amide bonds. The Morgan fingerprint density at radius 1 is 1.21 bits per heavy atom. The summed E-state index contributed by atoms with van der Waals surface area (Å²) in [6.07, 6.45) is 3.34. The molecule has 0 spiro atoms. The van der Waals surface area contributed by atoms with E-state index in [4.69, 9.17) is 16.1 Å². The summed E-state index contributed by atoms with van der Waals surface area (Å²) in [6, 6.07) is 12.6. The predicted octanol–water partition coefficient (Wildman–Crippen LogP) is 4.03. The Kier molecular flexibility index (Phi) is 4.94. The van der Waals surface area contributed by atoms with Gasteiger partial charge < -0.3 is 14.4 Å². The lowest BCUT2D eigenvalue weighted by Crippen LogP contribution is -2.21. The summed E-state index contributed by atoms with van der Waals surface area (Å²) in [5, 5.41) is 8.38. The fourth-order valence-corrected chi connectivity index (χ4v) is 3.62. The first-order chi connectivity index (χ1) is 14.0. The summed E-state index contributed by atoms with van der Waals surface area (Å²) >= 11 is 6.15. The average Bonchev–Trinajstić information content (AvgIpc) is 3.14. The minimum atomic E-state index is -0.226. The highest BCUT2D eigenvalue weighted by atomic mass is 35.5. The van der Waals surface area contributed by atoms with Crippen LogP contribution < -0.4 is 10.9 Å². The van der Waals surface area contributed by atoms with Crippen molar-refractivity contribution in [2.24, 2.45) is 0 Å². The van der Waals surface area contributed by atoms with Crippen molar-refractivity contribution < 1.29 is 9.32 Å². The summed E-state index contributed by atoms with van der Waals surface area (Å²) in [5.41, 5.74) is 3.75. The standard InChI is InChI=1S/C22H18ClN3O3/c1-13-20(12-29-25-13)15-3-4-19-16(9-15)5-6-26(22(19)28)11-14-7-17(21(27)24-2)10-18(23)8-14/h3-10,12H,11H2,1-2H3,(H,24,27). The monoisotopic (exact) mass is 407 g/mol. The van der Waals surface area contributed by atoms with E-state index in [9.17, 15) is 9.59 Å². The van der Waals surface area contributed by atoms with Gasteiger partial charge in [0.15, 0.2) is 0 Å². The second-order valence-corrected chi connectivity index (χ2v) is 7.23. The van der Waals surface area contributed by atoms with E-state index in [1.165, 1.54) is 0 Å². The van der Waals surface area contributed by atoms with Crippen LogP contribution in [0.5, 0.6) is 0 Å². The van der Waals surface area contributed by atoms with Crippen LogP contribution in [0.15, 0.2) is 64.2 Å². The van der Waals surface area contributed by atoms with Crippen molar-refractivity contribution in [2.45, 2.75) is 13.5 Å². The molecule has 4 rings (SSSR count). The van der Waals surface area contributed by atoms with Gasteiger partial charge in [-0.25, -0.2) is 0 Å². The normalized spacial score (nSPS) is 11.0. The second kappa shape index (κ2) is 7.56. The highest BCUT2D eigenvalue weighted by Gasteiger charge is 2.11. The number of fused-ring (bicyclic) bond motifs is 1. The van der Waals surface area contributed by atoms with Gasteiger partial charge in [0.25, 0.3) is 11.5 Å². The summed E-state index contributed by atoms with van der Waals surface area (Å²) in [4.78, 5) is 24.9. The van der Waals surface area contributed by atoms with Crippen LogP contribution in [-0.2, 0) is 6.54 Å². The first-order valence-electron chi connectivity index (χ1n) is 9.02. The molecule has 0 atom stereocenters. The molecule has 29 heavy (non-hydrogen) atoms. The topological polar surface area (TPSA) is 77.1 Å². The molecule has 6 nitrogen and oxygen atoms in total. The third-order valence-corrected chi connectivity index (χ3v) is 5.06. The van der Waals surface area contributed by atoms with Gasteiger partial charge in [-0.3, -0.25) is 9.59 Å². The summed E-state index contributed by atoms with van der Waals surface area (Å²) in [5.74, 6) is -0.226. The third kappa shape index (κ3) is 3.67.